The molecule has 1 aromatic rings. The monoisotopic (exact) mass is 201 g/mol. The molecule has 1 nitrogen and oxygen atoms in total. The molecule has 0 aliphatic carbocycles. The molecule has 80 valence electrons. The van der Waals surface area contributed by atoms with Crippen LogP contribution >= 0.6 is 0 Å². The molecule has 0 spiro atoms. The minimum absolute atomic E-state index is 0.559. The van der Waals surface area contributed by atoms with E-state index in [1.165, 1.54) is 29.5 Å². The Kier molecular flexibility index (Phi) is 2.92. The molecular formula is C14H19N. The van der Waals surface area contributed by atoms with Gasteiger partial charge in [0, 0.05) is 6.04 Å². The van der Waals surface area contributed by atoms with Gasteiger partial charge in [-0.25, -0.2) is 0 Å². The molecule has 1 heterocycles. The van der Waals surface area contributed by atoms with Crippen molar-refractivity contribution in [2.24, 2.45) is 0 Å². The second-order valence-corrected chi connectivity index (χ2v) is 4.50. The first-order valence-corrected chi connectivity index (χ1v) is 5.68. The van der Waals surface area contributed by atoms with Crippen LogP contribution in [0.2, 0.25) is 0 Å². The van der Waals surface area contributed by atoms with Crippen LogP contribution in [0.1, 0.15) is 42.5 Å². The lowest BCUT2D eigenvalue weighted by atomic mass is 9.96. The predicted molar refractivity (Wildman–Crippen MR) is 65.9 cm³/mol. The average Bonchev–Trinajstić information content (AvgIpc) is 2.71. The van der Waals surface area contributed by atoms with E-state index in [-0.39, 0.29) is 0 Å². The summed E-state index contributed by atoms with van der Waals surface area (Å²) in [6.45, 7) is 9.41. The lowest BCUT2D eigenvalue weighted by molar-refractivity contribution is 0.647. The van der Waals surface area contributed by atoms with Crippen LogP contribution in [0.4, 0.5) is 0 Å². The first-order valence-electron chi connectivity index (χ1n) is 5.68. The molecule has 0 saturated carbocycles. The van der Waals surface area contributed by atoms with Gasteiger partial charge in [-0.3, -0.25) is 0 Å². The Morgan fingerprint density at radius 3 is 2.87 bits per heavy atom. The van der Waals surface area contributed by atoms with Gasteiger partial charge in [-0.05, 0) is 56.0 Å². The van der Waals surface area contributed by atoms with Crippen molar-refractivity contribution in [3.63, 3.8) is 0 Å². The van der Waals surface area contributed by atoms with E-state index in [0.717, 1.165) is 12.1 Å². The van der Waals surface area contributed by atoms with Crippen LogP contribution in [0.15, 0.2) is 24.8 Å². The summed E-state index contributed by atoms with van der Waals surface area (Å²) in [6, 6.07) is 7.30. The molecule has 0 bridgehead atoms. The molecule has 1 N–H and O–H groups in total. The molecule has 15 heavy (non-hydrogen) atoms. The summed E-state index contributed by atoms with van der Waals surface area (Å²) < 4.78 is 0. The molecule has 1 fully saturated rings. The Morgan fingerprint density at radius 2 is 2.27 bits per heavy atom. The van der Waals surface area contributed by atoms with Crippen molar-refractivity contribution in [3.8, 4) is 0 Å². The van der Waals surface area contributed by atoms with E-state index in [0.29, 0.717) is 6.04 Å². The highest BCUT2D eigenvalue weighted by Crippen LogP contribution is 2.27. The van der Waals surface area contributed by atoms with E-state index in [1.54, 1.807) is 0 Å². The molecule has 1 aliphatic rings. The third-order valence-electron chi connectivity index (χ3n) is 3.18. The van der Waals surface area contributed by atoms with Gasteiger partial charge in [0.15, 0.2) is 0 Å². The van der Waals surface area contributed by atoms with Gasteiger partial charge in [-0.1, -0.05) is 24.3 Å². The Hall–Kier alpha value is -1.08. The fourth-order valence-electron chi connectivity index (χ4n) is 2.29. The average molecular weight is 201 g/mol. The largest absolute Gasteiger partial charge is 0.310 e. The molecule has 2 rings (SSSR count). The minimum Gasteiger partial charge on any atom is -0.310 e. The van der Waals surface area contributed by atoms with Gasteiger partial charge >= 0.3 is 0 Å². The number of hydrogen-bond acceptors (Lipinski definition) is 1. The molecule has 1 aliphatic heterocycles. The normalized spacial score (nSPS) is 20.5. The smallest absolute Gasteiger partial charge is 0.0320 e. The number of aryl methyl sites for hydroxylation is 1. The van der Waals surface area contributed by atoms with Crippen LogP contribution in [0.3, 0.4) is 0 Å². The predicted octanol–water partition coefficient (Wildman–Crippen LogP) is 3.45. The van der Waals surface area contributed by atoms with Gasteiger partial charge in [0.2, 0.25) is 0 Å². The number of rotatable bonds is 2. The fraction of sp³-hybridized carbons (Fsp3) is 0.429. The SMILES string of the molecule is C=C(C)c1cc(C2CCCN2)ccc1C. The number of nitrogens with one attached hydrogen (secondary N) is 1. The van der Waals surface area contributed by atoms with Crippen molar-refractivity contribution in [2.45, 2.75) is 32.7 Å². The zero-order valence-electron chi connectivity index (χ0n) is 9.64. The fourth-order valence-corrected chi connectivity index (χ4v) is 2.29. The van der Waals surface area contributed by atoms with E-state index >= 15 is 0 Å². The zero-order chi connectivity index (χ0) is 10.8. The van der Waals surface area contributed by atoms with Gasteiger partial charge < -0.3 is 5.32 Å². The quantitative estimate of drug-likeness (QED) is 0.772. The maximum Gasteiger partial charge on any atom is 0.0320 e. The zero-order valence-corrected chi connectivity index (χ0v) is 9.64. The Balaban J connectivity index is 2.33. The summed E-state index contributed by atoms with van der Waals surface area (Å²) in [5, 5.41) is 3.53. The lowest BCUT2D eigenvalue weighted by Crippen LogP contribution is -2.13. The Bertz CT molecular complexity index is 373. The van der Waals surface area contributed by atoms with E-state index in [2.05, 4.69) is 43.9 Å². The summed E-state index contributed by atoms with van der Waals surface area (Å²) in [4.78, 5) is 0. The van der Waals surface area contributed by atoms with Gasteiger partial charge in [0.05, 0.1) is 0 Å². The van der Waals surface area contributed by atoms with E-state index in [9.17, 15) is 0 Å². The molecule has 0 radical (unpaired) electrons. The van der Waals surface area contributed by atoms with Gasteiger partial charge in [-0.2, -0.15) is 0 Å². The first-order chi connectivity index (χ1) is 7.18. The third kappa shape index (κ3) is 2.13. The topological polar surface area (TPSA) is 12.0 Å². The third-order valence-corrected chi connectivity index (χ3v) is 3.18. The Morgan fingerprint density at radius 1 is 1.47 bits per heavy atom. The molecule has 0 aromatic heterocycles. The molecule has 1 heteroatoms. The van der Waals surface area contributed by atoms with Crippen LogP contribution in [0.25, 0.3) is 5.57 Å². The lowest BCUT2D eigenvalue weighted by Gasteiger charge is -2.14. The maximum atomic E-state index is 4.03. The highest BCUT2D eigenvalue weighted by Gasteiger charge is 2.16. The van der Waals surface area contributed by atoms with Crippen LogP contribution in [-0.4, -0.2) is 6.54 Å². The first kappa shape index (κ1) is 10.4. The van der Waals surface area contributed by atoms with Crippen LogP contribution < -0.4 is 5.32 Å². The van der Waals surface area contributed by atoms with Crippen LogP contribution in [0, 0.1) is 6.92 Å². The van der Waals surface area contributed by atoms with E-state index in [4.69, 9.17) is 0 Å². The molecular weight excluding hydrogens is 182 g/mol. The van der Waals surface area contributed by atoms with Gasteiger partial charge in [0.25, 0.3) is 0 Å². The molecule has 1 unspecified atom stereocenters. The highest BCUT2D eigenvalue weighted by atomic mass is 14.9. The molecule has 0 amide bonds. The summed E-state index contributed by atoms with van der Waals surface area (Å²) in [6.07, 6.45) is 2.56. The number of benzene rings is 1. The second kappa shape index (κ2) is 4.19. The summed E-state index contributed by atoms with van der Waals surface area (Å²) in [5.41, 5.74) is 5.20. The molecule has 1 aromatic carbocycles. The van der Waals surface area contributed by atoms with E-state index in [1.807, 2.05) is 0 Å². The molecule has 1 saturated heterocycles. The summed E-state index contributed by atoms with van der Waals surface area (Å²) in [5.74, 6) is 0. The van der Waals surface area contributed by atoms with Crippen molar-refractivity contribution in [3.05, 3.63) is 41.5 Å². The molecule has 1 atom stereocenters. The van der Waals surface area contributed by atoms with Crippen molar-refractivity contribution in [2.75, 3.05) is 6.54 Å². The number of hydrogen-bond donors (Lipinski definition) is 1. The highest BCUT2D eigenvalue weighted by molar-refractivity contribution is 5.65. The standard InChI is InChI=1S/C14H19N/c1-10(2)13-9-12(7-6-11(13)3)14-5-4-8-15-14/h6-7,9,14-15H,1,4-5,8H2,2-3H3. The van der Waals surface area contributed by atoms with Crippen LogP contribution in [0.5, 0.6) is 0 Å². The van der Waals surface area contributed by atoms with Gasteiger partial charge in [0.1, 0.15) is 0 Å². The van der Waals surface area contributed by atoms with Crippen LogP contribution in [-0.2, 0) is 0 Å². The van der Waals surface area contributed by atoms with Crippen molar-refractivity contribution in [1.29, 1.82) is 0 Å². The van der Waals surface area contributed by atoms with E-state index < -0.39 is 0 Å². The van der Waals surface area contributed by atoms with Gasteiger partial charge in [-0.15, -0.1) is 0 Å². The summed E-state index contributed by atoms with van der Waals surface area (Å²) >= 11 is 0. The maximum absolute atomic E-state index is 4.03. The van der Waals surface area contributed by atoms with Crippen molar-refractivity contribution >= 4 is 5.57 Å². The van der Waals surface area contributed by atoms with Crippen molar-refractivity contribution < 1.29 is 0 Å². The Labute approximate surface area is 92.2 Å². The van der Waals surface area contributed by atoms with Crippen molar-refractivity contribution in [1.82, 2.24) is 5.32 Å². The summed E-state index contributed by atoms with van der Waals surface area (Å²) in [7, 11) is 0. The minimum atomic E-state index is 0.559. The number of allylic oxidation sites excluding steroid dienone is 1. The second-order valence-electron chi connectivity index (χ2n) is 4.50.